The second-order valence-corrected chi connectivity index (χ2v) is 6.90. The van der Waals surface area contributed by atoms with E-state index < -0.39 is 11.4 Å². The Morgan fingerprint density at radius 1 is 1.27 bits per heavy atom. The molecule has 1 aliphatic heterocycles. The summed E-state index contributed by atoms with van der Waals surface area (Å²) in [4.78, 5) is 36.5. The number of hydrogen-bond acceptors (Lipinski definition) is 3. The van der Waals surface area contributed by atoms with Gasteiger partial charge in [0.05, 0.1) is 12.0 Å². The molecular formula is C16H26N2O4. The van der Waals surface area contributed by atoms with Crippen LogP contribution >= 0.6 is 0 Å². The summed E-state index contributed by atoms with van der Waals surface area (Å²) in [5.41, 5.74) is -0.859. The molecule has 2 fully saturated rings. The van der Waals surface area contributed by atoms with Crippen LogP contribution in [0.2, 0.25) is 0 Å². The first-order valence-corrected chi connectivity index (χ1v) is 8.18. The highest BCUT2D eigenvalue weighted by Crippen LogP contribution is 2.30. The highest BCUT2D eigenvalue weighted by atomic mass is 16.4. The van der Waals surface area contributed by atoms with Crippen LogP contribution in [0.3, 0.4) is 0 Å². The molecule has 124 valence electrons. The smallest absolute Gasteiger partial charge is 0.311 e. The molecule has 22 heavy (non-hydrogen) atoms. The Labute approximate surface area is 131 Å². The number of nitrogens with one attached hydrogen (secondary N) is 1. The van der Waals surface area contributed by atoms with E-state index in [2.05, 4.69) is 5.32 Å². The van der Waals surface area contributed by atoms with E-state index in [9.17, 15) is 14.4 Å². The van der Waals surface area contributed by atoms with Crippen LogP contribution in [0.15, 0.2) is 0 Å². The van der Waals surface area contributed by atoms with Gasteiger partial charge in [-0.25, -0.2) is 0 Å². The first-order valence-electron chi connectivity index (χ1n) is 8.18. The van der Waals surface area contributed by atoms with Crippen LogP contribution in [0, 0.1) is 11.3 Å². The van der Waals surface area contributed by atoms with Crippen molar-refractivity contribution in [3.05, 3.63) is 0 Å². The second kappa shape index (κ2) is 7.11. The Morgan fingerprint density at radius 2 is 1.95 bits per heavy atom. The van der Waals surface area contributed by atoms with Crippen LogP contribution in [-0.4, -0.2) is 47.4 Å². The van der Waals surface area contributed by atoms with Gasteiger partial charge in [-0.05, 0) is 25.7 Å². The molecule has 1 unspecified atom stereocenters. The van der Waals surface area contributed by atoms with Gasteiger partial charge in [-0.2, -0.15) is 0 Å². The van der Waals surface area contributed by atoms with E-state index >= 15 is 0 Å². The number of amides is 2. The molecule has 0 bridgehead atoms. The number of hydrogen-bond donors (Lipinski definition) is 2. The lowest BCUT2D eigenvalue weighted by Crippen LogP contribution is -2.41. The van der Waals surface area contributed by atoms with E-state index in [0.717, 1.165) is 6.42 Å². The molecule has 0 aromatic carbocycles. The summed E-state index contributed by atoms with van der Waals surface area (Å²) in [5.74, 6) is -0.487. The topological polar surface area (TPSA) is 86.7 Å². The van der Waals surface area contributed by atoms with Crippen LogP contribution in [-0.2, 0) is 14.4 Å². The Morgan fingerprint density at radius 3 is 2.55 bits per heavy atom. The van der Waals surface area contributed by atoms with E-state index in [-0.39, 0.29) is 24.9 Å². The third kappa shape index (κ3) is 4.21. The summed E-state index contributed by atoms with van der Waals surface area (Å²) < 4.78 is 0. The van der Waals surface area contributed by atoms with Crippen molar-refractivity contribution < 1.29 is 19.5 Å². The minimum atomic E-state index is -0.872. The fourth-order valence-electron chi connectivity index (χ4n) is 3.36. The van der Waals surface area contributed by atoms with Crippen molar-refractivity contribution in [2.24, 2.45) is 11.3 Å². The van der Waals surface area contributed by atoms with Gasteiger partial charge in [0.2, 0.25) is 11.8 Å². The van der Waals surface area contributed by atoms with Crippen molar-refractivity contribution in [1.82, 2.24) is 10.2 Å². The van der Waals surface area contributed by atoms with Gasteiger partial charge in [0.1, 0.15) is 0 Å². The number of rotatable bonds is 6. The summed E-state index contributed by atoms with van der Waals surface area (Å²) in [6, 6.07) is 0. The number of carboxylic acids is 1. The molecule has 1 saturated carbocycles. The molecule has 2 amide bonds. The van der Waals surface area contributed by atoms with Crippen LogP contribution in [0.1, 0.15) is 51.9 Å². The Balaban J connectivity index is 1.67. The fraction of sp³-hybridized carbons (Fsp3) is 0.812. The average molecular weight is 310 g/mol. The average Bonchev–Trinajstić information content (AvgIpc) is 3.12. The third-order valence-electron chi connectivity index (χ3n) is 5.03. The largest absolute Gasteiger partial charge is 0.481 e. The second-order valence-electron chi connectivity index (χ2n) is 6.90. The molecule has 1 heterocycles. The van der Waals surface area contributed by atoms with Crippen molar-refractivity contribution in [2.45, 2.75) is 51.9 Å². The van der Waals surface area contributed by atoms with Crippen LogP contribution in [0.4, 0.5) is 0 Å². The van der Waals surface area contributed by atoms with E-state index in [1.54, 1.807) is 6.92 Å². The van der Waals surface area contributed by atoms with Gasteiger partial charge in [-0.3, -0.25) is 14.4 Å². The zero-order valence-electron chi connectivity index (χ0n) is 13.3. The summed E-state index contributed by atoms with van der Waals surface area (Å²) in [7, 11) is 0. The molecular weight excluding hydrogens is 284 g/mol. The first-order chi connectivity index (χ1) is 10.4. The van der Waals surface area contributed by atoms with Crippen LogP contribution in [0.25, 0.3) is 0 Å². The first kappa shape index (κ1) is 16.8. The molecule has 0 radical (unpaired) electrons. The van der Waals surface area contributed by atoms with Crippen molar-refractivity contribution in [2.75, 3.05) is 19.6 Å². The van der Waals surface area contributed by atoms with Crippen molar-refractivity contribution >= 4 is 17.8 Å². The molecule has 2 N–H and O–H groups in total. The molecule has 1 aliphatic carbocycles. The molecule has 1 saturated heterocycles. The molecule has 0 aromatic heterocycles. The number of nitrogens with zero attached hydrogens (tertiary/aromatic N) is 1. The highest BCUT2D eigenvalue weighted by molar-refractivity contribution is 5.86. The summed E-state index contributed by atoms with van der Waals surface area (Å²) >= 11 is 0. The highest BCUT2D eigenvalue weighted by Gasteiger charge is 2.41. The predicted molar refractivity (Wildman–Crippen MR) is 81.1 cm³/mol. The van der Waals surface area contributed by atoms with Gasteiger partial charge in [0.15, 0.2) is 0 Å². The minimum Gasteiger partial charge on any atom is -0.481 e. The monoisotopic (exact) mass is 310 g/mol. The molecule has 6 heteroatoms. The Hall–Kier alpha value is -1.59. The zero-order chi connectivity index (χ0) is 16.2. The van der Waals surface area contributed by atoms with E-state index in [1.807, 2.05) is 0 Å². The van der Waals surface area contributed by atoms with Gasteiger partial charge in [-0.1, -0.05) is 25.7 Å². The summed E-state index contributed by atoms with van der Waals surface area (Å²) in [6.45, 7) is 2.29. The lowest BCUT2D eigenvalue weighted by atomic mass is 9.90. The van der Waals surface area contributed by atoms with Crippen molar-refractivity contribution in [1.29, 1.82) is 0 Å². The van der Waals surface area contributed by atoms with Crippen LogP contribution in [0.5, 0.6) is 0 Å². The fourth-order valence-corrected chi connectivity index (χ4v) is 3.36. The standard InChI is InChI=1S/C16H26N2O4/c1-16(15(21)22)8-9-18(11-16)14(20)10-17-13(19)7-6-12-4-2-3-5-12/h12H,2-11H2,1H3,(H,17,19)(H,21,22). The number of carbonyl (C=O) groups excluding carboxylic acids is 2. The molecule has 6 nitrogen and oxygen atoms in total. The Bertz CT molecular complexity index is 445. The number of likely N-dealkylation sites (tertiary alicyclic amines) is 1. The molecule has 0 aromatic rings. The van der Waals surface area contributed by atoms with E-state index in [4.69, 9.17) is 5.11 Å². The third-order valence-corrected chi connectivity index (χ3v) is 5.03. The lowest BCUT2D eigenvalue weighted by molar-refractivity contribution is -0.147. The quantitative estimate of drug-likeness (QED) is 0.776. The summed E-state index contributed by atoms with van der Waals surface area (Å²) in [5, 5.41) is 11.8. The normalized spacial score (nSPS) is 25.4. The lowest BCUT2D eigenvalue weighted by Gasteiger charge is -2.20. The minimum absolute atomic E-state index is 0.0286. The van der Waals surface area contributed by atoms with Gasteiger partial charge >= 0.3 is 5.97 Å². The molecule has 0 spiro atoms. The Kier molecular flexibility index (Phi) is 5.42. The van der Waals surface area contributed by atoms with Gasteiger partial charge in [0.25, 0.3) is 0 Å². The van der Waals surface area contributed by atoms with Crippen molar-refractivity contribution in [3.8, 4) is 0 Å². The van der Waals surface area contributed by atoms with Gasteiger partial charge in [0, 0.05) is 19.5 Å². The van der Waals surface area contributed by atoms with Crippen LogP contribution < -0.4 is 5.32 Å². The maximum Gasteiger partial charge on any atom is 0.311 e. The molecule has 2 rings (SSSR count). The number of carboxylic acid groups (broad SMARTS) is 1. The molecule has 1 atom stereocenters. The van der Waals surface area contributed by atoms with E-state index in [1.165, 1.54) is 30.6 Å². The van der Waals surface area contributed by atoms with Crippen molar-refractivity contribution in [3.63, 3.8) is 0 Å². The van der Waals surface area contributed by atoms with E-state index in [0.29, 0.717) is 25.3 Å². The predicted octanol–water partition coefficient (Wildman–Crippen LogP) is 1.40. The SMILES string of the molecule is CC1(C(=O)O)CCN(C(=O)CNC(=O)CCC2CCCC2)C1. The number of carbonyl (C=O) groups is 3. The number of aliphatic carboxylic acids is 1. The maximum absolute atomic E-state index is 12.0. The van der Waals surface area contributed by atoms with Gasteiger partial charge in [-0.15, -0.1) is 0 Å². The zero-order valence-corrected chi connectivity index (χ0v) is 13.3. The maximum atomic E-state index is 12.0. The van der Waals surface area contributed by atoms with Gasteiger partial charge < -0.3 is 15.3 Å². The molecule has 2 aliphatic rings. The summed E-state index contributed by atoms with van der Waals surface area (Å²) in [6.07, 6.45) is 6.81.